The molecule has 7 heteroatoms. The first-order valence-corrected chi connectivity index (χ1v) is 9.72. The molecule has 3 heterocycles. The molecule has 3 aromatic rings. The minimum absolute atomic E-state index is 0.179. The molecule has 4 rings (SSSR count). The second-order valence-electron chi connectivity index (χ2n) is 7.36. The van der Waals surface area contributed by atoms with Gasteiger partial charge >= 0.3 is 5.97 Å². The molecule has 0 saturated carbocycles. The summed E-state index contributed by atoms with van der Waals surface area (Å²) in [6.45, 7) is 6.34. The fourth-order valence-electron chi connectivity index (χ4n) is 3.73. The average molecular weight is 392 g/mol. The molecular weight excluding hydrogens is 368 g/mol. The quantitative estimate of drug-likeness (QED) is 0.691. The van der Waals surface area contributed by atoms with Gasteiger partial charge in [-0.3, -0.25) is 4.79 Å². The molecule has 1 N–H and O–H groups in total. The summed E-state index contributed by atoms with van der Waals surface area (Å²) in [5.74, 6) is 0.219. The molecule has 0 radical (unpaired) electrons. The number of carbonyl (C=O) groups excluding carboxylic acids is 2. The first-order valence-electron chi connectivity index (χ1n) is 9.72. The van der Waals surface area contributed by atoms with E-state index in [1.54, 1.807) is 17.2 Å². The molecule has 1 aliphatic heterocycles. The number of fused-ring (bicyclic) bond motifs is 1. The number of nitrogens with zero attached hydrogens (tertiary/aromatic N) is 3. The van der Waals surface area contributed by atoms with Gasteiger partial charge in [-0.15, -0.1) is 0 Å². The van der Waals surface area contributed by atoms with E-state index in [9.17, 15) is 9.59 Å². The topological polar surface area (TPSA) is 78.5 Å². The van der Waals surface area contributed by atoms with Gasteiger partial charge in [0.25, 0.3) is 5.91 Å². The molecule has 1 aromatic carbocycles. The number of aryl methyl sites for hydroxylation is 2. The van der Waals surface area contributed by atoms with E-state index >= 15 is 0 Å². The maximum Gasteiger partial charge on any atom is 0.355 e. The number of nitrogens with one attached hydrogen (secondary N) is 1. The molecule has 0 aliphatic carbocycles. The van der Waals surface area contributed by atoms with Crippen LogP contribution >= 0.6 is 0 Å². The maximum absolute atomic E-state index is 12.5. The van der Waals surface area contributed by atoms with E-state index in [0.717, 1.165) is 27.8 Å². The number of esters is 1. The second-order valence-corrected chi connectivity index (χ2v) is 7.36. The first-order chi connectivity index (χ1) is 14.0. The number of pyridine rings is 1. The van der Waals surface area contributed by atoms with Gasteiger partial charge in [-0.05, 0) is 49.2 Å². The Hall–Kier alpha value is -3.35. The number of carbonyl (C=O) groups is 2. The largest absolute Gasteiger partial charge is 0.451 e. The second kappa shape index (κ2) is 7.95. The Labute approximate surface area is 169 Å². The van der Waals surface area contributed by atoms with Crippen molar-refractivity contribution in [2.75, 3.05) is 37.7 Å². The van der Waals surface area contributed by atoms with Gasteiger partial charge in [-0.25, -0.2) is 9.78 Å². The van der Waals surface area contributed by atoms with E-state index in [4.69, 9.17) is 4.74 Å². The molecule has 7 nitrogen and oxygen atoms in total. The van der Waals surface area contributed by atoms with Gasteiger partial charge in [0.2, 0.25) is 0 Å². The number of aromatic amines is 1. The minimum atomic E-state index is -0.515. The SMILES string of the molecule is Cc1cc(C)c2cc(C(=O)OCC(=O)N3CCN(c4ccccn4)CC3)[nH]c2c1. The molecule has 0 bridgehead atoms. The van der Waals surface area contributed by atoms with Crippen LogP contribution in [0.4, 0.5) is 5.82 Å². The predicted molar refractivity (Wildman–Crippen MR) is 111 cm³/mol. The van der Waals surface area contributed by atoms with E-state index in [1.807, 2.05) is 38.1 Å². The number of H-pyrrole nitrogens is 1. The van der Waals surface area contributed by atoms with E-state index in [1.165, 1.54) is 0 Å². The van der Waals surface area contributed by atoms with Gasteiger partial charge in [0, 0.05) is 43.3 Å². The van der Waals surface area contributed by atoms with Crippen LogP contribution in [0, 0.1) is 13.8 Å². The summed E-state index contributed by atoms with van der Waals surface area (Å²) in [4.78, 5) is 36.2. The molecule has 1 saturated heterocycles. The van der Waals surface area contributed by atoms with Gasteiger partial charge in [0.05, 0.1) is 0 Å². The van der Waals surface area contributed by atoms with Gasteiger partial charge in [0.1, 0.15) is 11.5 Å². The summed E-state index contributed by atoms with van der Waals surface area (Å²) in [6.07, 6.45) is 1.76. The fraction of sp³-hybridized carbons (Fsp3) is 0.318. The third-order valence-electron chi connectivity index (χ3n) is 5.24. The first kappa shape index (κ1) is 19.0. The zero-order valence-electron chi connectivity index (χ0n) is 16.6. The Morgan fingerprint density at radius 2 is 1.90 bits per heavy atom. The number of benzene rings is 1. The summed E-state index contributed by atoms with van der Waals surface area (Å²) in [5, 5.41) is 0.986. The Kier molecular flexibility index (Phi) is 5.20. The van der Waals surface area contributed by atoms with E-state index in [2.05, 4.69) is 20.9 Å². The van der Waals surface area contributed by atoms with Crippen LogP contribution in [0.15, 0.2) is 42.6 Å². The van der Waals surface area contributed by atoms with Crippen LogP contribution in [0.3, 0.4) is 0 Å². The molecule has 1 amide bonds. The molecular formula is C22H24N4O3. The van der Waals surface area contributed by atoms with Crippen molar-refractivity contribution in [2.24, 2.45) is 0 Å². The molecule has 1 fully saturated rings. The lowest BCUT2D eigenvalue weighted by Crippen LogP contribution is -2.50. The lowest BCUT2D eigenvalue weighted by molar-refractivity contribution is -0.134. The Balaban J connectivity index is 1.32. The highest BCUT2D eigenvalue weighted by atomic mass is 16.5. The third kappa shape index (κ3) is 4.08. The summed E-state index contributed by atoms with van der Waals surface area (Å²) in [7, 11) is 0. The zero-order valence-corrected chi connectivity index (χ0v) is 16.6. The average Bonchev–Trinajstić information content (AvgIpc) is 3.17. The normalized spacial score (nSPS) is 14.3. The van der Waals surface area contributed by atoms with Crippen LogP contribution in [0.1, 0.15) is 21.6 Å². The molecule has 29 heavy (non-hydrogen) atoms. The van der Waals surface area contributed by atoms with E-state index in [-0.39, 0.29) is 12.5 Å². The number of amides is 1. The Morgan fingerprint density at radius 1 is 1.10 bits per heavy atom. The number of anilines is 1. The van der Waals surface area contributed by atoms with Crippen molar-refractivity contribution in [2.45, 2.75) is 13.8 Å². The highest BCUT2D eigenvalue weighted by molar-refractivity contribution is 5.97. The Bertz CT molecular complexity index is 1040. The van der Waals surface area contributed by atoms with Crippen LogP contribution in [-0.4, -0.2) is 59.5 Å². The van der Waals surface area contributed by atoms with Crippen molar-refractivity contribution >= 4 is 28.6 Å². The smallest absolute Gasteiger partial charge is 0.355 e. The van der Waals surface area contributed by atoms with Crippen LogP contribution in [-0.2, 0) is 9.53 Å². The van der Waals surface area contributed by atoms with Gasteiger partial charge < -0.3 is 19.5 Å². The molecule has 0 spiro atoms. The van der Waals surface area contributed by atoms with Gasteiger partial charge in [-0.1, -0.05) is 12.1 Å². The van der Waals surface area contributed by atoms with Crippen molar-refractivity contribution in [3.8, 4) is 0 Å². The van der Waals surface area contributed by atoms with Crippen molar-refractivity contribution in [1.29, 1.82) is 0 Å². The number of ether oxygens (including phenoxy) is 1. The van der Waals surface area contributed by atoms with E-state index in [0.29, 0.717) is 31.9 Å². The number of aromatic nitrogens is 2. The molecule has 0 unspecified atom stereocenters. The van der Waals surface area contributed by atoms with Crippen LogP contribution in [0.2, 0.25) is 0 Å². The number of piperazine rings is 1. The van der Waals surface area contributed by atoms with Gasteiger partial charge in [0.15, 0.2) is 6.61 Å². The third-order valence-corrected chi connectivity index (χ3v) is 5.24. The van der Waals surface area contributed by atoms with Crippen molar-refractivity contribution in [1.82, 2.24) is 14.9 Å². The maximum atomic E-state index is 12.5. The summed E-state index contributed by atoms with van der Waals surface area (Å²) < 4.78 is 5.27. The molecule has 0 atom stereocenters. The number of rotatable bonds is 4. The van der Waals surface area contributed by atoms with Crippen LogP contribution < -0.4 is 4.90 Å². The van der Waals surface area contributed by atoms with Crippen LogP contribution in [0.5, 0.6) is 0 Å². The van der Waals surface area contributed by atoms with E-state index < -0.39 is 5.97 Å². The van der Waals surface area contributed by atoms with Crippen molar-refractivity contribution in [3.05, 3.63) is 59.4 Å². The molecule has 1 aliphatic rings. The predicted octanol–water partition coefficient (Wildman–Crippen LogP) is 2.69. The summed E-state index contributed by atoms with van der Waals surface area (Å²) in [6, 6.07) is 11.6. The highest BCUT2D eigenvalue weighted by Crippen LogP contribution is 2.22. The monoisotopic (exact) mass is 392 g/mol. The highest BCUT2D eigenvalue weighted by Gasteiger charge is 2.23. The lowest BCUT2D eigenvalue weighted by atomic mass is 10.1. The lowest BCUT2D eigenvalue weighted by Gasteiger charge is -2.35. The Morgan fingerprint density at radius 3 is 2.62 bits per heavy atom. The standard InChI is InChI=1S/C22H24N4O3/c1-15-11-16(2)17-13-19(24-18(17)12-15)22(28)29-14-21(27)26-9-7-25(8-10-26)20-5-3-4-6-23-20/h3-6,11-13,24H,7-10,14H2,1-2H3. The number of hydrogen-bond acceptors (Lipinski definition) is 5. The fourth-order valence-corrected chi connectivity index (χ4v) is 3.73. The van der Waals surface area contributed by atoms with Crippen molar-refractivity contribution < 1.29 is 14.3 Å². The number of hydrogen-bond donors (Lipinski definition) is 1. The molecule has 2 aromatic heterocycles. The summed E-state index contributed by atoms with van der Waals surface area (Å²) >= 11 is 0. The van der Waals surface area contributed by atoms with Crippen LogP contribution in [0.25, 0.3) is 10.9 Å². The zero-order chi connectivity index (χ0) is 20.4. The van der Waals surface area contributed by atoms with Gasteiger partial charge in [-0.2, -0.15) is 0 Å². The summed E-state index contributed by atoms with van der Waals surface area (Å²) in [5.41, 5.74) is 3.47. The van der Waals surface area contributed by atoms with Crippen molar-refractivity contribution in [3.63, 3.8) is 0 Å². The minimum Gasteiger partial charge on any atom is -0.451 e. The molecule has 150 valence electrons.